The van der Waals surface area contributed by atoms with Gasteiger partial charge in [-0.05, 0) is 17.7 Å². The average molecular weight is 403 g/mol. The van der Waals surface area contributed by atoms with Gasteiger partial charge in [0.25, 0.3) is 5.91 Å². The van der Waals surface area contributed by atoms with E-state index in [0.717, 1.165) is 10.6 Å². The quantitative estimate of drug-likeness (QED) is 0.503. The van der Waals surface area contributed by atoms with Crippen molar-refractivity contribution >= 4 is 33.3 Å². The minimum Gasteiger partial charge on any atom is -0.450 e. The molecule has 29 heavy (non-hydrogen) atoms. The number of nitrogens with zero attached hydrogens (tertiary/aromatic N) is 3. The number of carbonyl (C=O) groups is 1. The van der Waals surface area contributed by atoms with Gasteiger partial charge in [0.15, 0.2) is 5.43 Å². The molecule has 1 aliphatic heterocycles. The molecule has 1 atom stereocenters. The average Bonchev–Trinajstić information content (AvgIpc) is 3.33. The summed E-state index contributed by atoms with van der Waals surface area (Å²) in [5, 5.41) is 10.2. The molecule has 0 saturated carbocycles. The fraction of sp³-hybridized carbons (Fsp3) is 0.182. The van der Waals surface area contributed by atoms with Gasteiger partial charge in [-0.25, -0.2) is 0 Å². The van der Waals surface area contributed by atoms with Crippen LogP contribution in [0.5, 0.6) is 0 Å². The Balaban J connectivity index is 1.78. The first-order chi connectivity index (χ1) is 14.1. The smallest absolute Gasteiger partial charge is 0.297 e. The third-order valence-corrected chi connectivity index (χ3v) is 6.25. The maximum Gasteiger partial charge on any atom is 0.297 e. The van der Waals surface area contributed by atoms with Crippen LogP contribution < -0.4 is 10.3 Å². The first kappa shape index (κ1) is 17.8. The maximum absolute atomic E-state index is 13.4. The van der Waals surface area contributed by atoms with Gasteiger partial charge in [-0.1, -0.05) is 67.6 Å². The SMILES string of the molecule is CC(C)c1nnc(N2C(=O)c3oc4ccccc4c(=O)c3C2c2ccccc2)s1. The van der Waals surface area contributed by atoms with Crippen LogP contribution in [0.25, 0.3) is 11.0 Å². The lowest BCUT2D eigenvalue weighted by Gasteiger charge is -2.21. The number of hydrogen-bond acceptors (Lipinski definition) is 6. The second-order valence-electron chi connectivity index (χ2n) is 7.24. The van der Waals surface area contributed by atoms with Crippen LogP contribution in [-0.2, 0) is 0 Å². The molecule has 1 aliphatic rings. The van der Waals surface area contributed by atoms with E-state index in [4.69, 9.17) is 4.42 Å². The van der Waals surface area contributed by atoms with Crippen molar-refractivity contribution in [2.75, 3.05) is 4.90 Å². The van der Waals surface area contributed by atoms with Crippen LogP contribution in [0.1, 0.15) is 52.5 Å². The fourth-order valence-corrected chi connectivity index (χ4v) is 4.50. The zero-order chi connectivity index (χ0) is 20.1. The highest BCUT2D eigenvalue weighted by molar-refractivity contribution is 7.15. The molecule has 3 heterocycles. The molecule has 0 aliphatic carbocycles. The molecule has 0 radical (unpaired) electrons. The first-order valence-electron chi connectivity index (χ1n) is 9.34. The van der Waals surface area contributed by atoms with Gasteiger partial charge in [-0.2, -0.15) is 0 Å². The van der Waals surface area contributed by atoms with Crippen LogP contribution in [0.4, 0.5) is 5.13 Å². The van der Waals surface area contributed by atoms with Crippen molar-refractivity contribution in [2.45, 2.75) is 25.8 Å². The Hall–Kier alpha value is -3.32. The van der Waals surface area contributed by atoms with Gasteiger partial charge in [-0.3, -0.25) is 14.5 Å². The van der Waals surface area contributed by atoms with Crippen molar-refractivity contribution in [3.8, 4) is 0 Å². The minimum atomic E-state index is -0.604. The van der Waals surface area contributed by atoms with Crippen molar-refractivity contribution < 1.29 is 9.21 Å². The van der Waals surface area contributed by atoms with Gasteiger partial charge < -0.3 is 4.42 Å². The lowest BCUT2D eigenvalue weighted by molar-refractivity contribution is 0.0970. The number of para-hydroxylation sites is 1. The summed E-state index contributed by atoms with van der Waals surface area (Å²) in [7, 11) is 0. The van der Waals surface area contributed by atoms with Crippen LogP contribution >= 0.6 is 11.3 Å². The van der Waals surface area contributed by atoms with Gasteiger partial charge in [0.05, 0.1) is 17.0 Å². The zero-order valence-corrected chi connectivity index (χ0v) is 16.6. The first-order valence-corrected chi connectivity index (χ1v) is 10.2. The van der Waals surface area contributed by atoms with Crippen molar-refractivity contribution in [1.82, 2.24) is 10.2 Å². The van der Waals surface area contributed by atoms with Gasteiger partial charge >= 0.3 is 0 Å². The summed E-state index contributed by atoms with van der Waals surface area (Å²) in [4.78, 5) is 28.3. The molecule has 144 valence electrons. The molecule has 0 spiro atoms. The Morgan fingerprint density at radius 2 is 1.72 bits per heavy atom. The van der Waals surface area contributed by atoms with Gasteiger partial charge in [-0.15, -0.1) is 10.2 Å². The normalized spacial score (nSPS) is 16.0. The van der Waals surface area contributed by atoms with Crippen molar-refractivity contribution in [2.24, 2.45) is 0 Å². The van der Waals surface area contributed by atoms with E-state index in [1.165, 1.54) is 16.2 Å². The highest BCUT2D eigenvalue weighted by atomic mass is 32.1. The van der Waals surface area contributed by atoms with Crippen LogP contribution in [0.2, 0.25) is 0 Å². The Bertz CT molecular complexity index is 1290. The summed E-state index contributed by atoms with van der Waals surface area (Å²) in [5.41, 5.74) is 1.38. The molecular formula is C22H17N3O3S. The second-order valence-corrected chi connectivity index (χ2v) is 8.22. The Kier molecular flexibility index (Phi) is 4.06. The summed E-state index contributed by atoms with van der Waals surface area (Å²) < 4.78 is 5.92. The third-order valence-electron chi connectivity index (χ3n) is 5.02. The molecule has 4 aromatic rings. The topological polar surface area (TPSA) is 76.3 Å². The van der Waals surface area contributed by atoms with E-state index in [1.54, 1.807) is 24.3 Å². The van der Waals surface area contributed by atoms with E-state index in [2.05, 4.69) is 10.2 Å². The lowest BCUT2D eigenvalue weighted by Crippen LogP contribution is -2.29. The number of hydrogen-bond donors (Lipinski definition) is 0. The van der Waals surface area contributed by atoms with Gasteiger partial charge in [0.1, 0.15) is 10.6 Å². The Labute approximate surface area is 170 Å². The van der Waals surface area contributed by atoms with Crippen LogP contribution in [0, 0.1) is 0 Å². The summed E-state index contributed by atoms with van der Waals surface area (Å²) in [6.45, 7) is 4.05. The molecule has 0 fully saturated rings. The minimum absolute atomic E-state index is 0.0730. The predicted molar refractivity (Wildman–Crippen MR) is 112 cm³/mol. The van der Waals surface area contributed by atoms with Crippen LogP contribution in [0.15, 0.2) is 63.8 Å². The third kappa shape index (κ3) is 2.69. The van der Waals surface area contributed by atoms with Crippen molar-refractivity contribution in [3.63, 3.8) is 0 Å². The van der Waals surface area contributed by atoms with E-state index in [1.807, 2.05) is 44.2 Å². The van der Waals surface area contributed by atoms with E-state index < -0.39 is 6.04 Å². The lowest BCUT2D eigenvalue weighted by atomic mass is 9.99. The summed E-state index contributed by atoms with van der Waals surface area (Å²) in [6, 6.07) is 15.9. The maximum atomic E-state index is 13.4. The number of amides is 1. The highest BCUT2D eigenvalue weighted by Crippen LogP contribution is 2.42. The standard InChI is InChI=1S/C22H17N3O3S/c1-12(2)20-23-24-22(29-20)25-17(13-8-4-3-5-9-13)16-18(26)14-10-6-7-11-15(14)28-19(16)21(25)27/h3-12,17H,1-2H3. The number of fused-ring (bicyclic) bond motifs is 2. The molecule has 7 heteroatoms. The highest BCUT2D eigenvalue weighted by Gasteiger charge is 2.45. The van der Waals surface area contributed by atoms with Crippen molar-refractivity contribution in [1.29, 1.82) is 0 Å². The summed E-state index contributed by atoms with van der Waals surface area (Å²) >= 11 is 1.36. The van der Waals surface area contributed by atoms with Gasteiger partial charge in [0, 0.05) is 5.92 Å². The zero-order valence-electron chi connectivity index (χ0n) is 15.8. The summed E-state index contributed by atoms with van der Waals surface area (Å²) in [5.74, 6) is -0.106. The monoisotopic (exact) mass is 403 g/mol. The number of rotatable bonds is 3. The largest absolute Gasteiger partial charge is 0.450 e. The molecule has 0 N–H and O–H groups in total. The second kappa shape index (κ2) is 6.63. The number of anilines is 1. The fourth-order valence-electron chi connectivity index (χ4n) is 3.62. The molecule has 6 nitrogen and oxygen atoms in total. The van der Waals surface area contributed by atoms with Crippen molar-refractivity contribution in [3.05, 3.63) is 86.7 Å². The molecule has 2 aromatic heterocycles. The molecular weight excluding hydrogens is 386 g/mol. The van der Waals surface area contributed by atoms with Crippen LogP contribution in [-0.4, -0.2) is 16.1 Å². The molecule has 0 saturated heterocycles. The predicted octanol–water partition coefficient (Wildman–Crippen LogP) is 4.52. The van der Waals surface area contributed by atoms with Crippen LogP contribution in [0.3, 0.4) is 0 Å². The molecule has 1 unspecified atom stereocenters. The number of aromatic nitrogens is 2. The van der Waals surface area contributed by atoms with E-state index >= 15 is 0 Å². The summed E-state index contributed by atoms with van der Waals surface area (Å²) in [6.07, 6.45) is 0. The molecule has 2 aromatic carbocycles. The Morgan fingerprint density at radius 1 is 1.00 bits per heavy atom. The van der Waals surface area contributed by atoms with Gasteiger partial charge in [0.2, 0.25) is 10.9 Å². The molecule has 0 bridgehead atoms. The Morgan fingerprint density at radius 3 is 2.45 bits per heavy atom. The van der Waals surface area contributed by atoms with E-state index in [0.29, 0.717) is 21.7 Å². The number of benzene rings is 2. The van der Waals surface area contributed by atoms with E-state index in [9.17, 15) is 9.59 Å². The number of carbonyl (C=O) groups excluding carboxylic acids is 1. The van der Waals surface area contributed by atoms with E-state index in [-0.39, 0.29) is 23.0 Å². The molecule has 5 rings (SSSR count). The molecule has 1 amide bonds.